The zero-order chi connectivity index (χ0) is 23.7. The molecule has 1 amide bonds. The first-order valence-electron chi connectivity index (χ1n) is 11.6. The number of methoxy groups -OCH3 is 1. The molecule has 0 unspecified atom stereocenters. The lowest BCUT2D eigenvalue weighted by molar-refractivity contribution is 0.0925. The van der Waals surface area contributed by atoms with Crippen LogP contribution in [0.1, 0.15) is 48.0 Å². The number of pyridine rings is 2. The highest BCUT2D eigenvalue weighted by molar-refractivity contribution is 5.97. The van der Waals surface area contributed by atoms with E-state index in [1.807, 2.05) is 30.3 Å². The molecule has 1 aromatic carbocycles. The monoisotopic (exact) mass is 457 g/mol. The van der Waals surface area contributed by atoms with E-state index in [-0.39, 0.29) is 28.6 Å². The quantitative estimate of drug-likeness (QED) is 0.449. The largest absolute Gasteiger partial charge is 0.497 e. The summed E-state index contributed by atoms with van der Waals surface area (Å²) in [6.45, 7) is 0.291. The second-order valence-corrected chi connectivity index (χ2v) is 8.73. The number of benzene rings is 1. The molecule has 174 valence electrons. The van der Waals surface area contributed by atoms with Crippen molar-refractivity contribution in [1.29, 1.82) is 5.41 Å². The molecule has 0 saturated heterocycles. The van der Waals surface area contributed by atoms with E-state index >= 15 is 0 Å². The van der Waals surface area contributed by atoms with Crippen molar-refractivity contribution in [2.45, 2.75) is 44.7 Å². The van der Waals surface area contributed by atoms with Crippen LogP contribution in [0.5, 0.6) is 5.75 Å². The third-order valence-electron chi connectivity index (χ3n) is 6.50. The highest BCUT2D eigenvalue weighted by Gasteiger charge is 2.21. The zero-order valence-electron chi connectivity index (χ0n) is 19.1. The molecule has 0 spiro atoms. The summed E-state index contributed by atoms with van der Waals surface area (Å²) < 4.78 is 8.35. The van der Waals surface area contributed by atoms with Crippen molar-refractivity contribution in [2.24, 2.45) is 0 Å². The molecule has 1 saturated carbocycles. The Morgan fingerprint density at radius 1 is 1.15 bits per heavy atom. The topological polar surface area (TPSA) is 101 Å². The lowest BCUT2D eigenvalue weighted by atomic mass is 9.95. The summed E-state index contributed by atoms with van der Waals surface area (Å²) in [5.41, 5.74) is 1.72. The number of nitrogens with one attached hydrogen (secondary N) is 2. The molecular weight excluding hydrogens is 430 g/mol. The third-order valence-corrected chi connectivity index (χ3v) is 6.50. The minimum Gasteiger partial charge on any atom is -0.497 e. The molecule has 4 aromatic rings. The maximum absolute atomic E-state index is 13.4. The van der Waals surface area contributed by atoms with Gasteiger partial charge in [-0.15, -0.1) is 0 Å². The molecular formula is C26H27N5O3. The van der Waals surface area contributed by atoms with Crippen molar-refractivity contribution >= 4 is 22.6 Å². The van der Waals surface area contributed by atoms with Gasteiger partial charge in [0.1, 0.15) is 22.5 Å². The average Bonchev–Trinajstić information content (AvgIpc) is 2.87. The number of nitrogens with zero attached hydrogens (tertiary/aromatic N) is 3. The van der Waals surface area contributed by atoms with Crippen LogP contribution in [0, 0.1) is 5.41 Å². The van der Waals surface area contributed by atoms with Crippen LogP contribution in [0.3, 0.4) is 0 Å². The zero-order valence-corrected chi connectivity index (χ0v) is 19.1. The van der Waals surface area contributed by atoms with Crippen LogP contribution in [0.15, 0.2) is 59.5 Å². The van der Waals surface area contributed by atoms with Gasteiger partial charge in [-0.05, 0) is 48.7 Å². The van der Waals surface area contributed by atoms with Gasteiger partial charge in [-0.3, -0.25) is 19.4 Å². The maximum Gasteiger partial charge on any atom is 0.267 e. The van der Waals surface area contributed by atoms with Gasteiger partial charge >= 0.3 is 0 Å². The fourth-order valence-electron chi connectivity index (χ4n) is 4.64. The van der Waals surface area contributed by atoms with Gasteiger partial charge in [-0.2, -0.15) is 0 Å². The van der Waals surface area contributed by atoms with E-state index in [1.54, 1.807) is 30.0 Å². The summed E-state index contributed by atoms with van der Waals surface area (Å²) in [5, 5.41) is 12.3. The predicted molar refractivity (Wildman–Crippen MR) is 129 cm³/mol. The van der Waals surface area contributed by atoms with E-state index in [9.17, 15) is 9.59 Å². The van der Waals surface area contributed by atoms with E-state index in [2.05, 4.69) is 5.32 Å². The van der Waals surface area contributed by atoms with Crippen LogP contribution in [-0.2, 0) is 6.54 Å². The standard InChI is InChI=1S/C26H27N5O3/c1-34-19-12-10-17(11-13-19)16-31-23(27)20(25(32)28-18-7-3-2-4-8-18)15-21-24(31)29-22-9-5-6-14-30(22)26(21)33/h5-6,9-15,18,27H,2-4,7-8,16H2,1H3,(H,28,32). The molecule has 1 aliphatic rings. The molecule has 8 heteroatoms. The first kappa shape index (κ1) is 21.9. The summed E-state index contributed by atoms with van der Waals surface area (Å²) in [6, 6.07) is 14.5. The van der Waals surface area contributed by atoms with Gasteiger partial charge in [0.2, 0.25) is 0 Å². The summed E-state index contributed by atoms with van der Waals surface area (Å²) in [7, 11) is 1.61. The van der Waals surface area contributed by atoms with Crippen molar-refractivity contribution in [3.05, 3.63) is 81.7 Å². The predicted octanol–water partition coefficient (Wildman–Crippen LogP) is 3.25. The minimum atomic E-state index is -0.320. The Labute approximate surface area is 196 Å². The van der Waals surface area contributed by atoms with E-state index in [0.717, 1.165) is 37.0 Å². The van der Waals surface area contributed by atoms with E-state index in [1.165, 1.54) is 16.9 Å². The maximum atomic E-state index is 13.4. The van der Waals surface area contributed by atoms with E-state index in [4.69, 9.17) is 15.1 Å². The van der Waals surface area contributed by atoms with E-state index < -0.39 is 0 Å². The molecule has 0 aliphatic heterocycles. The van der Waals surface area contributed by atoms with Gasteiger partial charge in [-0.1, -0.05) is 37.5 Å². The van der Waals surface area contributed by atoms with Crippen molar-refractivity contribution < 1.29 is 9.53 Å². The SMILES string of the molecule is COc1ccc(Cn2c(=N)c(C(=O)NC3CCCCC3)cc3c(=O)n4ccccc4nc32)cc1. The van der Waals surface area contributed by atoms with Crippen LogP contribution in [0.4, 0.5) is 0 Å². The second-order valence-electron chi connectivity index (χ2n) is 8.73. The summed E-state index contributed by atoms with van der Waals surface area (Å²) in [4.78, 5) is 31.3. The molecule has 0 bridgehead atoms. The number of hydrogen-bond donors (Lipinski definition) is 2. The van der Waals surface area contributed by atoms with Crippen molar-refractivity contribution in [3.63, 3.8) is 0 Å². The third kappa shape index (κ3) is 4.07. The van der Waals surface area contributed by atoms with Crippen LogP contribution in [-0.4, -0.2) is 33.0 Å². The average molecular weight is 458 g/mol. The summed E-state index contributed by atoms with van der Waals surface area (Å²) in [6.07, 6.45) is 6.90. The smallest absolute Gasteiger partial charge is 0.267 e. The van der Waals surface area contributed by atoms with Gasteiger partial charge in [0.15, 0.2) is 0 Å². The molecule has 0 atom stereocenters. The number of aromatic nitrogens is 3. The Kier molecular flexibility index (Phi) is 5.88. The van der Waals surface area contributed by atoms with Crippen LogP contribution in [0.2, 0.25) is 0 Å². The summed E-state index contributed by atoms with van der Waals surface area (Å²) >= 11 is 0. The molecule has 2 N–H and O–H groups in total. The Bertz CT molecular complexity index is 1480. The number of carbonyl (C=O) groups excluding carboxylic acids is 1. The molecule has 1 aliphatic carbocycles. The Morgan fingerprint density at radius 3 is 2.65 bits per heavy atom. The first-order chi connectivity index (χ1) is 16.5. The number of rotatable bonds is 5. The Morgan fingerprint density at radius 2 is 1.91 bits per heavy atom. The van der Waals surface area contributed by atoms with Crippen molar-refractivity contribution in [2.75, 3.05) is 7.11 Å². The molecule has 34 heavy (non-hydrogen) atoms. The fraction of sp³-hybridized carbons (Fsp3) is 0.308. The highest BCUT2D eigenvalue weighted by atomic mass is 16.5. The molecule has 0 radical (unpaired) electrons. The van der Waals surface area contributed by atoms with Crippen LogP contribution in [0.25, 0.3) is 16.7 Å². The Balaban J connectivity index is 1.67. The van der Waals surface area contributed by atoms with Gasteiger partial charge in [0, 0.05) is 12.2 Å². The van der Waals surface area contributed by atoms with Crippen LogP contribution >= 0.6 is 0 Å². The number of fused-ring (bicyclic) bond motifs is 2. The lowest BCUT2D eigenvalue weighted by Crippen LogP contribution is -2.40. The highest BCUT2D eigenvalue weighted by Crippen LogP contribution is 2.19. The normalized spacial score (nSPS) is 14.4. The Hall–Kier alpha value is -3.94. The van der Waals surface area contributed by atoms with Crippen molar-refractivity contribution in [3.8, 4) is 5.75 Å². The molecule has 1 fully saturated rings. The van der Waals surface area contributed by atoms with Crippen molar-refractivity contribution in [1.82, 2.24) is 19.3 Å². The number of hydrogen-bond acceptors (Lipinski definition) is 5. The minimum absolute atomic E-state index is 0.0313. The molecule has 8 nitrogen and oxygen atoms in total. The molecule has 3 heterocycles. The van der Waals surface area contributed by atoms with Gasteiger partial charge in [0.05, 0.1) is 24.6 Å². The fourth-order valence-corrected chi connectivity index (χ4v) is 4.64. The number of carbonyl (C=O) groups is 1. The van der Waals surface area contributed by atoms with Gasteiger partial charge < -0.3 is 14.6 Å². The lowest BCUT2D eigenvalue weighted by Gasteiger charge is -2.23. The van der Waals surface area contributed by atoms with Crippen LogP contribution < -0.4 is 21.1 Å². The van der Waals surface area contributed by atoms with Gasteiger partial charge in [-0.25, -0.2) is 4.98 Å². The number of ether oxygens (including phenoxy) is 1. The van der Waals surface area contributed by atoms with E-state index in [0.29, 0.717) is 23.2 Å². The van der Waals surface area contributed by atoms with Gasteiger partial charge in [0.25, 0.3) is 11.5 Å². The first-order valence-corrected chi connectivity index (χ1v) is 11.6. The summed E-state index contributed by atoms with van der Waals surface area (Å²) in [5.74, 6) is 0.410. The number of amides is 1. The second kappa shape index (κ2) is 9.13. The molecule has 5 rings (SSSR count). The molecule has 3 aromatic heterocycles.